The molecule has 4 rings (SSSR count). The molecule has 140 valence electrons. The molecule has 1 aliphatic heterocycles. The Bertz CT molecular complexity index is 799. The number of halogens is 1. The first kappa shape index (κ1) is 17.7. The number of aryl methyl sites for hydroxylation is 1. The third-order valence-electron chi connectivity index (χ3n) is 5.66. The molecule has 2 aliphatic rings. The zero-order valence-electron chi connectivity index (χ0n) is 15.3. The highest BCUT2D eigenvalue weighted by atomic mass is 35.5. The van der Waals surface area contributed by atoms with E-state index in [1.807, 2.05) is 18.0 Å². The lowest BCUT2D eigenvalue weighted by Gasteiger charge is -2.33. The lowest BCUT2D eigenvalue weighted by molar-refractivity contribution is 0.0749. The van der Waals surface area contributed by atoms with Crippen molar-refractivity contribution in [1.82, 2.24) is 24.4 Å². The van der Waals surface area contributed by atoms with Crippen molar-refractivity contribution in [3.63, 3.8) is 0 Å². The average Bonchev–Trinajstić information content (AvgIpc) is 2.84. The van der Waals surface area contributed by atoms with Crippen LogP contribution in [0.3, 0.4) is 0 Å². The van der Waals surface area contributed by atoms with Crippen LogP contribution >= 0.6 is 11.6 Å². The quantitative estimate of drug-likeness (QED) is 0.809. The average molecular weight is 376 g/mol. The molecule has 0 N–H and O–H groups in total. The molecule has 6 nitrogen and oxygen atoms in total. The fraction of sp³-hybridized carbons (Fsp3) is 0.632. The molecule has 1 saturated carbocycles. The molecular formula is C19H26ClN5O. The summed E-state index contributed by atoms with van der Waals surface area (Å²) in [5.74, 6) is -0.0800. The number of aromatic nitrogens is 3. The molecule has 1 aliphatic carbocycles. The third-order valence-corrected chi connectivity index (χ3v) is 6.00. The number of hydrogen-bond donors (Lipinski definition) is 0. The Morgan fingerprint density at radius 2 is 1.92 bits per heavy atom. The van der Waals surface area contributed by atoms with Gasteiger partial charge in [-0.1, -0.05) is 30.9 Å². The van der Waals surface area contributed by atoms with E-state index in [2.05, 4.69) is 15.0 Å². The first-order valence-corrected chi connectivity index (χ1v) is 10.0. The highest BCUT2D eigenvalue weighted by molar-refractivity contribution is 6.36. The molecule has 7 heteroatoms. The van der Waals surface area contributed by atoms with E-state index in [0.29, 0.717) is 22.4 Å². The second-order valence-corrected chi connectivity index (χ2v) is 7.91. The molecule has 0 bridgehead atoms. The van der Waals surface area contributed by atoms with Crippen molar-refractivity contribution in [2.45, 2.75) is 51.5 Å². The zero-order valence-corrected chi connectivity index (χ0v) is 16.1. The first-order chi connectivity index (χ1) is 12.6. The van der Waals surface area contributed by atoms with E-state index in [9.17, 15) is 4.79 Å². The van der Waals surface area contributed by atoms with Crippen molar-refractivity contribution in [3.8, 4) is 0 Å². The minimum Gasteiger partial charge on any atom is -0.336 e. The van der Waals surface area contributed by atoms with Gasteiger partial charge in [-0.05, 0) is 31.7 Å². The van der Waals surface area contributed by atoms with Gasteiger partial charge >= 0.3 is 0 Å². The Morgan fingerprint density at radius 3 is 2.73 bits per heavy atom. The Morgan fingerprint density at radius 1 is 1.12 bits per heavy atom. The zero-order chi connectivity index (χ0) is 18.1. The Balaban J connectivity index is 1.49. The van der Waals surface area contributed by atoms with E-state index in [-0.39, 0.29) is 5.91 Å². The minimum atomic E-state index is -0.0800. The maximum atomic E-state index is 13.0. The van der Waals surface area contributed by atoms with Crippen molar-refractivity contribution >= 4 is 23.2 Å². The van der Waals surface area contributed by atoms with Crippen LogP contribution in [0.2, 0.25) is 5.02 Å². The molecule has 3 heterocycles. The molecule has 0 spiro atoms. The van der Waals surface area contributed by atoms with E-state index >= 15 is 0 Å². The molecule has 2 aromatic heterocycles. The predicted molar refractivity (Wildman–Crippen MR) is 102 cm³/mol. The van der Waals surface area contributed by atoms with Crippen LogP contribution in [-0.2, 0) is 0 Å². The van der Waals surface area contributed by atoms with Gasteiger partial charge < -0.3 is 4.90 Å². The van der Waals surface area contributed by atoms with Crippen molar-refractivity contribution in [3.05, 3.63) is 28.7 Å². The number of amides is 1. The van der Waals surface area contributed by atoms with Crippen molar-refractivity contribution in [1.29, 1.82) is 0 Å². The second-order valence-electron chi connectivity index (χ2n) is 7.54. The van der Waals surface area contributed by atoms with Crippen LogP contribution in [-0.4, -0.2) is 62.5 Å². The Labute approximate surface area is 159 Å². The van der Waals surface area contributed by atoms with E-state index in [1.54, 1.807) is 10.7 Å². The van der Waals surface area contributed by atoms with Crippen LogP contribution in [0.25, 0.3) is 5.65 Å². The van der Waals surface area contributed by atoms with E-state index < -0.39 is 0 Å². The smallest absolute Gasteiger partial charge is 0.276 e. The molecule has 26 heavy (non-hydrogen) atoms. The number of rotatable bonds is 2. The normalized spacial score (nSPS) is 20.5. The fourth-order valence-corrected chi connectivity index (χ4v) is 4.49. The monoisotopic (exact) mass is 375 g/mol. The highest BCUT2D eigenvalue weighted by Gasteiger charge is 2.28. The van der Waals surface area contributed by atoms with Gasteiger partial charge in [0.15, 0.2) is 11.3 Å². The van der Waals surface area contributed by atoms with Crippen LogP contribution < -0.4 is 0 Å². The molecule has 0 aromatic carbocycles. The van der Waals surface area contributed by atoms with Gasteiger partial charge in [-0.2, -0.15) is 5.10 Å². The van der Waals surface area contributed by atoms with E-state index in [1.165, 1.54) is 32.1 Å². The van der Waals surface area contributed by atoms with Gasteiger partial charge in [0.1, 0.15) is 5.02 Å². The lowest BCUT2D eigenvalue weighted by Crippen LogP contribution is -2.40. The summed E-state index contributed by atoms with van der Waals surface area (Å²) in [5.41, 5.74) is 1.84. The summed E-state index contributed by atoms with van der Waals surface area (Å²) < 4.78 is 1.61. The minimum absolute atomic E-state index is 0.0800. The van der Waals surface area contributed by atoms with Crippen LogP contribution in [0.4, 0.5) is 0 Å². The summed E-state index contributed by atoms with van der Waals surface area (Å²) in [6.07, 6.45) is 11.2. The summed E-state index contributed by atoms with van der Waals surface area (Å²) >= 11 is 6.41. The Kier molecular flexibility index (Phi) is 5.14. The van der Waals surface area contributed by atoms with Gasteiger partial charge in [-0.15, -0.1) is 0 Å². The van der Waals surface area contributed by atoms with Crippen molar-refractivity contribution < 1.29 is 4.79 Å². The first-order valence-electron chi connectivity index (χ1n) is 9.67. The third kappa shape index (κ3) is 3.45. The molecule has 1 saturated heterocycles. The fourth-order valence-electron chi connectivity index (χ4n) is 4.24. The van der Waals surface area contributed by atoms with E-state index in [0.717, 1.165) is 38.2 Å². The number of hydrogen-bond acceptors (Lipinski definition) is 4. The van der Waals surface area contributed by atoms with Crippen LogP contribution in [0, 0.1) is 6.92 Å². The van der Waals surface area contributed by atoms with Gasteiger partial charge in [-0.3, -0.25) is 9.69 Å². The topological polar surface area (TPSA) is 53.7 Å². The number of fused-ring (bicyclic) bond motifs is 1. The standard InChI is InChI=1S/C19H26ClN5O/c1-14-12-21-18-16(20)17(22-25(18)13-14)19(26)24-9-5-8-23(10-11-24)15-6-3-2-4-7-15/h12-13,15H,2-11H2,1H3. The highest BCUT2D eigenvalue weighted by Crippen LogP contribution is 2.25. The van der Waals surface area contributed by atoms with Crippen LogP contribution in [0.5, 0.6) is 0 Å². The SMILES string of the molecule is Cc1cnc2c(Cl)c(C(=O)N3CCCN(C4CCCCC4)CC3)nn2c1. The Hall–Kier alpha value is -1.66. The summed E-state index contributed by atoms with van der Waals surface area (Å²) in [6.45, 7) is 5.47. The largest absolute Gasteiger partial charge is 0.336 e. The molecule has 0 radical (unpaired) electrons. The molecule has 0 atom stereocenters. The maximum Gasteiger partial charge on any atom is 0.276 e. The van der Waals surface area contributed by atoms with Gasteiger partial charge in [-0.25, -0.2) is 9.50 Å². The maximum absolute atomic E-state index is 13.0. The molecule has 0 unspecified atom stereocenters. The summed E-state index contributed by atoms with van der Waals surface area (Å²) in [4.78, 5) is 21.8. The van der Waals surface area contributed by atoms with Crippen molar-refractivity contribution in [2.24, 2.45) is 0 Å². The summed E-state index contributed by atoms with van der Waals surface area (Å²) in [7, 11) is 0. The number of carbonyl (C=O) groups excluding carboxylic acids is 1. The predicted octanol–water partition coefficient (Wildman–Crippen LogP) is 3.17. The summed E-state index contributed by atoms with van der Waals surface area (Å²) in [5, 5.41) is 4.76. The van der Waals surface area contributed by atoms with Crippen LogP contribution in [0.1, 0.15) is 54.6 Å². The van der Waals surface area contributed by atoms with Crippen LogP contribution in [0.15, 0.2) is 12.4 Å². The lowest BCUT2D eigenvalue weighted by atomic mass is 9.94. The molecule has 1 amide bonds. The molecular weight excluding hydrogens is 350 g/mol. The van der Waals surface area contributed by atoms with E-state index in [4.69, 9.17) is 11.6 Å². The van der Waals surface area contributed by atoms with Gasteiger partial charge in [0.25, 0.3) is 5.91 Å². The number of carbonyl (C=O) groups is 1. The van der Waals surface area contributed by atoms with Gasteiger partial charge in [0, 0.05) is 44.6 Å². The van der Waals surface area contributed by atoms with Crippen molar-refractivity contribution in [2.75, 3.05) is 26.2 Å². The summed E-state index contributed by atoms with van der Waals surface area (Å²) in [6, 6.07) is 0.699. The van der Waals surface area contributed by atoms with Gasteiger partial charge in [0.05, 0.1) is 0 Å². The molecule has 2 aromatic rings. The van der Waals surface area contributed by atoms with Gasteiger partial charge in [0.2, 0.25) is 0 Å². The molecule has 2 fully saturated rings. The number of nitrogens with zero attached hydrogens (tertiary/aromatic N) is 5. The second kappa shape index (κ2) is 7.53.